The number of hydrogen-bond donors (Lipinski definition) is 2. The van der Waals surface area contributed by atoms with Crippen LogP contribution in [0.15, 0.2) is 27.6 Å². The molecule has 0 fully saturated rings. The highest BCUT2D eigenvalue weighted by molar-refractivity contribution is 9.10. The Labute approximate surface area is 97.4 Å². The van der Waals surface area contributed by atoms with Crippen LogP contribution in [0.3, 0.4) is 0 Å². The SMILES string of the molecule is CN(C)NS(=O)(=O)c1ccc(Br)c(N)c1. The van der Waals surface area contributed by atoms with Gasteiger partial charge in [0.2, 0.25) is 0 Å². The largest absolute Gasteiger partial charge is 0.398 e. The van der Waals surface area contributed by atoms with Crippen LogP contribution < -0.4 is 10.6 Å². The maximum absolute atomic E-state index is 11.7. The van der Waals surface area contributed by atoms with E-state index in [-0.39, 0.29) is 4.90 Å². The molecule has 1 rings (SSSR count). The minimum atomic E-state index is -3.52. The summed E-state index contributed by atoms with van der Waals surface area (Å²) >= 11 is 3.20. The number of hydrogen-bond acceptors (Lipinski definition) is 4. The van der Waals surface area contributed by atoms with E-state index >= 15 is 0 Å². The zero-order valence-corrected chi connectivity index (χ0v) is 10.8. The standard InChI is InChI=1S/C8H12BrN3O2S/c1-12(2)11-15(13,14)6-3-4-7(9)8(10)5-6/h3-5,11H,10H2,1-2H3. The van der Waals surface area contributed by atoms with Gasteiger partial charge in [0.05, 0.1) is 4.90 Å². The fraction of sp³-hybridized carbons (Fsp3) is 0.250. The van der Waals surface area contributed by atoms with Crippen LogP contribution in [0, 0.1) is 0 Å². The molecule has 0 unspecified atom stereocenters. The Balaban J connectivity index is 3.11. The van der Waals surface area contributed by atoms with E-state index in [0.29, 0.717) is 10.2 Å². The van der Waals surface area contributed by atoms with E-state index in [1.54, 1.807) is 20.2 Å². The molecule has 0 aromatic heterocycles. The van der Waals surface area contributed by atoms with Gasteiger partial charge in [-0.15, -0.1) is 4.83 Å². The molecule has 0 aliphatic heterocycles. The van der Waals surface area contributed by atoms with Gasteiger partial charge in [-0.05, 0) is 34.1 Å². The zero-order valence-electron chi connectivity index (χ0n) is 8.36. The van der Waals surface area contributed by atoms with Crippen molar-refractivity contribution in [3.63, 3.8) is 0 Å². The first kappa shape index (κ1) is 12.4. The van der Waals surface area contributed by atoms with Crippen molar-refractivity contribution in [3.05, 3.63) is 22.7 Å². The molecule has 0 aliphatic carbocycles. The second-order valence-electron chi connectivity index (χ2n) is 3.17. The number of nitrogens with one attached hydrogen (secondary N) is 1. The van der Waals surface area contributed by atoms with E-state index in [2.05, 4.69) is 20.8 Å². The van der Waals surface area contributed by atoms with E-state index < -0.39 is 10.0 Å². The molecular weight excluding hydrogens is 282 g/mol. The van der Waals surface area contributed by atoms with E-state index in [1.807, 2.05) is 0 Å². The summed E-state index contributed by atoms with van der Waals surface area (Å²) in [4.78, 5) is 2.45. The molecule has 1 aromatic rings. The molecule has 84 valence electrons. The highest BCUT2D eigenvalue weighted by Gasteiger charge is 2.15. The lowest BCUT2D eigenvalue weighted by Crippen LogP contribution is -2.36. The third-order valence-electron chi connectivity index (χ3n) is 1.58. The molecule has 0 saturated heterocycles. The van der Waals surface area contributed by atoms with Crippen molar-refractivity contribution in [2.24, 2.45) is 0 Å². The van der Waals surface area contributed by atoms with Crippen molar-refractivity contribution in [2.45, 2.75) is 4.90 Å². The van der Waals surface area contributed by atoms with Crippen LogP contribution in [0.25, 0.3) is 0 Å². The van der Waals surface area contributed by atoms with E-state index in [9.17, 15) is 8.42 Å². The molecular formula is C8H12BrN3O2S. The van der Waals surface area contributed by atoms with Gasteiger partial charge in [0, 0.05) is 24.3 Å². The van der Waals surface area contributed by atoms with Crippen molar-refractivity contribution >= 4 is 31.6 Å². The number of nitrogen functional groups attached to an aromatic ring is 1. The fourth-order valence-corrected chi connectivity index (χ4v) is 2.34. The molecule has 1 aromatic carbocycles. The van der Waals surface area contributed by atoms with Gasteiger partial charge >= 0.3 is 0 Å². The van der Waals surface area contributed by atoms with Gasteiger partial charge in [0.25, 0.3) is 10.0 Å². The Bertz CT molecular complexity index is 459. The molecule has 0 amide bonds. The lowest BCUT2D eigenvalue weighted by atomic mass is 10.3. The van der Waals surface area contributed by atoms with Gasteiger partial charge < -0.3 is 5.73 Å². The molecule has 3 N–H and O–H groups in total. The van der Waals surface area contributed by atoms with Gasteiger partial charge in [-0.1, -0.05) is 0 Å². The van der Waals surface area contributed by atoms with Gasteiger partial charge in [-0.3, -0.25) is 0 Å². The first-order chi connectivity index (χ1) is 6.83. The van der Waals surface area contributed by atoms with Crippen molar-refractivity contribution in [3.8, 4) is 0 Å². The number of nitrogens with zero attached hydrogens (tertiary/aromatic N) is 1. The third kappa shape index (κ3) is 3.16. The first-order valence-electron chi connectivity index (χ1n) is 4.08. The Morgan fingerprint density at radius 1 is 1.40 bits per heavy atom. The van der Waals surface area contributed by atoms with Crippen LogP contribution >= 0.6 is 15.9 Å². The molecule has 0 saturated carbocycles. The summed E-state index contributed by atoms with van der Waals surface area (Å²) in [6, 6.07) is 4.47. The average Bonchev–Trinajstić information content (AvgIpc) is 2.07. The van der Waals surface area contributed by atoms with E-state index in [0.717, 1.165) is 0 Å². The maximum atomic E-state index is 11.7. The topological polar surface area (TPSA) is 75.4 Å². The minimum Gasteiger partial charge on any atom is -0.398 e. The summed E-state index contributed by atoms with van der Waals surface area (Å²) in [5.74, 6) is 0. The molecule has 5 nitrogen and oxygen atoms in total. The molecule has 0 spiro atoms. The minimum absolute atomic E-state index is 0.136. The maximum Gasteiger partial charge on any atom is 0.253 e. The number of hydrazine groups is 1. The Morgan fingerprint density at radius 2 is 2.00 bits per heavy atom. The molecule has 15 heavy (non-hydrogen) atoms. The highest BCUT2D eigenvalue weighted by atomic mass is 79.9. The summed E-state index contributed by atoms with van der Waals surface area (Å²) in [5, 5.41) is 1.35. The van der Waals surface area contributed by atoms with Crippen LogP contribution in [-0.4, -0.2) is 27.5 Å². The molecule has 0 heterocycles. The van der Waals surface area contributed by atoms with Crippen molar-refractivity contribution in [2.75, 3.05) is 19.8 Å². The highest BCUT2D eigenvalue weighted by Crippen LogP contribution is 2.22. The molecule has 7 heteroatoms. The summed E-state index contributed by atoms with van der Waals surface area (Å²) in [5.41, 5.74) is 5.98. The van der Waals surface area contributed by atoms with E-state index in [4.69, 9.17) is 5.73 Å². The second kappa shape index (κ2) is 4.48. The predicted molar refractivity (Wildman–Crippen MR) is 62.6 cm³/mol. The van der Waals surface area contributed by atoms with Crippen molar-refractivity contribution in [1.82, 2.24) is 9.84 Å². The quantitative estimate of drug-likeness (QED) is 0.638. The molecule has 0 atom stereocenters. The normalized spacial score (nSPS) is 12.0. The van der Waals surface area contributed by atoms with Gasteiger partial charge in [0.15, 0.2) is 0 Å². The monoisotopic (exact) mass is 293 g/mol. The summed E-state index contributed by atoms with van der Waals surface area (Å²) < 4.78 is 24.0. The lowest BCUT2D eigenvalue weighted by Gasteiger charge is -2.12. The zero-order chi connectivity index (χ0) is 11.6. The number of sulfonamides is 1. The average molecular weight is 294 g/mol. The Hall–Kier alpha value is -0.630. The van der Waals surface area contributed by atoms with Crippen molar-refractivity contribution < 1.29 is 8.42 Å². The smallest absolute Gasteiger partial charge is 0.253 e. The van der Waals surface area contributed by atoms with Crippen LogP contribution in [0.1, 0.15) is 0 Å². The number of halogens is 1. The van der Waals surface area contributed by atoms with E-state index in [1.165, 1.54) is 17.1 Å². The molecule has 0 bridgehead atoms. The number of anilines is 1. The first-order valence-corrected chi connectivity index (χ1v) is 6.35. The predicted octanol–water partition coefficient (Wildman–Crippen LogP) is 0.786. The molecule has 0 aliphatic rings. The van der Waals surface area contributed by atoms with Crippen LogP contribution in [0.2, 0.25) is 0 Å². The number of rotatable bonds is 3. The van der Waals surface area contributed by atoms with Gasteiger partial charge in [-0.2, -0.15) is 0 Å². The third-order valence-corrected chi connectivity index (χ3v) is 3.78. The van der Waals surface area contributed by atoms with Crippen LogP contribution in [-0.2, 0) is 10.0 Å². The molecule has 0 radical (unpaired) electrons. The summed E-state index contributed by atoms with van der Waals surface area (Å²) in [7, 11) is -0.330. The Kier molecular flexibility index (Phi) is 3.72. The summed E-state index contributed by atoms with van der Waals surface area (Å²) in [6.07, 6.45) is 0. The second-order valence-corrected chi connectivity index (χ2v) is 5.69. The summed E-state index contributed by atoms with van der Waals surface area (Å²) in [6.45, 7) is 0. The van der Waals surface area contributed by atoms with Crippen LogP contribution in [0.5, 0.6) is 0 Å². The van der Waals surface area contributed by atoms with Crippen molar-refractivity contribution in [1.29, 1.82) is 0 Å². The van der Waals surface area contributed by atoms with Gasteiger partial charge in [-0.25, -0.2) is 13.4 Å². The van der Waals surface area contributed by atoms with Crippen LogP contribution in [0.4, 0.5) is 5.69 Å². The van der Waals surface area contributed by atoms with Gasteiger partial charge in [0.1, 0.15) is 0 Å². The number of nitrogens with two attached hydrogens (primary N) is 1. The number of benzene rings is 1. The fourth-order valence-electron chi connectivity index (χ4n) is 0.982. The lowest BCUT2D eigenvalue weighted by molar-refractivity contribution is 0.364. The Morgan fingerprint density at radius 3 is 2.47 bits per heavy atom.